The number of nitrogens with two attached hydrogens (primary N) is 1. The predicted octanol–water partition coefficient (Wildman–Crippen LogP) is 0.673. The molecule has 3 unspecified atom stereocenters. The van der Waals surface area contributed by atoms with Crippen molar-refractivity contribution in [2.45, 2.75) is 76.0 Å². The molecule has 0 aromatic rings. The minimum atomic E-state index is -4.60. The van der Waals surface area contributed by atoms with Gasteiger partial charge in [0, 0.05) is 12.1 Å². The molecular formula is C13H24F3N5O2. The van der Waals surface area contributed by atoms with Crippen molar-refractivity contribution >= 4 is 6.03 Å². The molecule has 1 saturated heterocycles. The maximum Gasteiger partial charge on any atom is 0.522 e. The van der Waals surface area contributed by atoms with Gasteiger partial charge in [-0.25, -0.2) is 4.79 Å². The Morgan fingerprint density at radius 1 is 1.17 bits per heavy atom. The van der Waals surface area contributed by atoms with Gasteiger partial charge >= 0.3 is 12.4 Å². The fourth-order valence-corrected chi connectivity index (χ4v) is 3.02. The van der Waals surface area contributed by atoms with Gasteiger partial charge in [-0.2, -0.15) is 0 Å². The summed E-state index contributed by atoms with van der Waals surface area (Å²) in [5.74, 6) is 0. The van der Waals surface area contributed by atoms with E-state index in [4.69, 9.17) is 5.73 Å². The van der Waals surface area contributed by atoms with Gasteiger partial charge in [-0.1, -0.05) is 0 Å². The second-order valence-electron chi connectivity index (χ2n) is 6.16. The molecule has 2 rings (SSSR count). The lowest BCUT2D eigenvalue weighted by Gasteiger charge is -2.35. The SMILES string of the molecule is CC1CC(N)NC(NC(=O)NC2CCC(OC(F)(F)F)CC2)N1. The number of ether oxygens (including phenoxy) is 1. The topological polar surface area (TPSA) is 100 Å². The van der Waals surface area contributed by atoms with E-state index in [0.29, 0.717) is 12.8 Å². The summed E-state index contributed by atoms with van der Waals surface area (Å²) in [6.07, 6.45) is -3.86. The lowest BCUT2D eigenvalue weighted by Crippen LogP contribution is -2.67. The van der Waals surface area contributed by atoms with Crippen LogP contribution in [0.4, 0.5) is 18.0 Å². The van der Waals surface area contributed by atoms with Crippen LogP contribution in [0.25, 0.3) is 0 Å². The van der Waals surface area contributed by atoms with Gasteiger partial charge in [0.05, 0.1) is 12.3 Å². The summed E-state index contributed by atoms with van der Waals surface area (Å²) in [7, 11) is 0. The summed E-state index contributed by atoms with van der Waals surface area (Å²) >= 11 is 0. The Morgan fingerprint density at radius 2 is 1.83 bits per heavy atom. The van der Waals surface area contributed by atoms with Crippen LogP contribution in [-0.2, 0) is 4.74 Å². The largest absolute Gasteiger partial charge is 0.522 e. The first kappa shape index (κ1) is 18.2. The Labute approximate surface area is 132 Å². The molecule has 1 heterocycles. The first-order chi connectivity index (χ1) is 10.7. The highest BCUT2D eigenvalue weighted by Gasteiger charge is 2.35. The Morgan fingerprint density at radius 3 is 2.39 bits per heavy atom. The summed E-state index contributed by atoms with van der Waals surface area (Å²) in [6, 6.07) is -0.360. The predicted molar refractivity (Wildman–Crippen MR) is 77.0 cm³/mol. The highest BCUT2D eigenvalue weighted by molar-refractivity contribution is 5.74. The van der Waals surface area contributed by atoms with Crippen molar-refractivity contribution in [3.63, 3.8) is 0 Å². The van der Waals surface area contributed by atoms with Crippen LogP contribution in [0.5, 0.6) is 0 Å². The lowest BCUT2D eigenvalue weighted by molar-refractivity contribution is -0.345. The minimum Gasteiger partial charge on any atom is -0.335 e. The zero-order valence-electron chi connectivity index (χ0n) is 13.0. The molecule has 1 saturated carbocycles. The molecule has 0 radical (unpaired) electrons. The third-order valence-electron chi connectivity index (χ3n) is 4.02. The molecule has 0 spiro atoms. The van der Waals surface area contributed by atoms with Crippen molar-refractivity contribution in [3.05, 3.63) is 0 Å². The zero-order chi connectivity index (χ0) is 17.0. The van der Waals surface area contributed by atoms with Gasteiger partial charge in [0.15, 0.2) is 0 Å². The van der Waals surface area contributed by atoms with Crippen LogP contribution in [0.1, 0.15) is 39.0 Å². The van der Waals surface area contributed by atoms with Crippen molar-refractivity contribution in [2.24, 2.45) is 5.73 Å². The Kier molecular flexibility index (Phi) is 6.06. The van der Waals surface area contributed by atoms with E-state index in [9.17, 15) is 18.0 Å². The highest BCUT2D eigenvalue weighted by Crippen LogP contribution is 2.27. The summed E-state index contributed by atoms with van der Waals surface area (Å²) in [6.45, 7) is 1.97. The van der Waals surface area contributed by atoms with Crippen molar-refractivity contribution in [1.29, 1.82) is 0 Å². The third kappa shape index (κ3) is 6.50. The zero-order valence-corrected chi connectivity index (χ0v) is 13.0. The molecule has 7 nitrogen and oxygen atoms in total. The number of nitrogens with one attached hydrogen (secondary N) is 4. The van der Waals surface area contributed by atoms with E-state index in [2.05, 4.69) is 26.0 Å². The maximum atomic E-state index is 12.1. The summed E-state index contributed by atoms with van der Waals surface area (Å²) in [5, 5.41) is 11.6. The van der Waals surface area contributed by atoms with Gasteiger partial charge in [-0.3, -0.25) is 15.4 Å². The number of rotatable bonds is 3. The van der Waals surface area contributed by atoms with Gasteiger partial charge in [-0.05, 0) is 39.0 Å². The summed E-state index contributed by atoms with van der Waals surface area (Å²) < 4.78 is 40.4. The molecule has 2 fully saturated rings. The molecule has 3 atom stereocenters. The van der Waals surface area contributed by atoms with E-state index >= 15 is 0 Å². The molecule has 10 heteroatoms. The second-order valence-corrected chi connectivity index (χ2v) is 6.16. The normalized spacial score (nSPS) is 35.6. The Hall–Kier alpha value is -1.10. The molecule has 134 valence electrons. The van der Waals surface area contributed by atoms with E-state index in [1.54, 1.807) is 0 Å². The molecule has 2 amide bonds. The summed E-state index contributed by atoms with van der Waals surface area (Å²) in [5.41, 5.74) is 5.81. The number of amides is 2. The molecule has 6 N–H and O–H groups in total. The van der Waals surface area contributed by atoms with E-state index in [0.717, 1.165) is 6.42 Å². The van der Waals surface area contributed by atoms with Crippen LogP contribution in [0, 0.1) is 0 Å². The third-order valence-corrected chi connectivity index (χ3v) is 4.02. The number of hydrogen-bond donors (Lipinski definition) is 5. The Bertz CT molecular complexity index is 392. The number of halogens is 3. The standard InChI is InChI=1S/C13H24F3N5O2/c1-7-6-10(17)20-11(18-7)21-12(22)19-8-2-4-9(5-3-8)23-13(14,15)16/h7-11,18,20H,2-6,17H2,1H3,(H2,19,21,22). The molecule has 1 aliphatic heterocycles. The van der Waals surface area contributed by atoms with E-state index in [-0.39, 0.29) is 37.1 Å². The van der Waals surface area contributed by atoms with Crippen molar-refractivity contribution < 1.29 is 22.7 Å². The molecule has 1 aliphatic carbocycles. The van der Waals surface area contributed by atoms with Gasteiger partial charge < -0.3 is 16.4 Å². The fourth-order valence-electron chi connectivity index (χ4n) is 3.02. The van der Waals surface area contributed by atoms with Crippen LogP contribution in [0.15, 0.2) is 0 Å². The fraction of sp³-hybridized carbons (Fsp3) is 0.923. The van der Waals surface area contributed by atoms with Crippen molar-refractivity contribution in [1.82, 2.24) is 21.3 Å². The van der Waals surface area contributed by atoms with Crippen LogP contribution >= 0.6 is 0 Å². The van der Waals surface area contributed by atoms with Crippen LogP contribution in [0.2, 0.25) is 0 Å². The second kappa shape index (κ2) is 7.65. The number of carbonyl (C=O) groups excluding carboxylic acids is 1. The molecular weight excluding hydrogens is 315 g/mol. The smallest absolute Gasteiger partial charge is 0.335 e. The molecule has 0 bridgehead atoms. The van der Waals surface area contributed by atoms with Crippen LogP contribution < -0.4 is 27.0 Å². The number of alkyl halides is 3. The molecule has 0 aromatic heterocycles. The lowest BCUT2D eigenvalue weighted by atomic mass is 9.93. The quantitative estimate of drug-likeness (QED) is 0.520. The van der Waals surface area contributed by atoms with Crippen molar-refractivity contribution in [2.75, 3.05) is 0 Å². The van der Waals surface area contributed by atoms with Crippen LogP contribution in [-0.4, -0.2) is 43.0 Å². The van der Waals surface area contributed by atoms with E-state index < -0.39 is 18.8 Å². The monoisotopic (exact) mass is 339 g/mol. The molecule has 0 aromatic carbocycles. The van der Waals surface area contributed by atoms with Crippen LogP contribution in [0.3, 0.4) is 0 Å². The molecule has 2 aliphatic rings. The average molecular weight is 339 g/mol. The minimum absolute atomic E-state index is 0.155. The van der Waals surface area contributed by atoms with Gasteiger partial charge in [0.1, 0.15) is 6.29 Å². The van der Waals surface area contributed by atoms with E-state index in [1.165, 1.54) is 0 Å². The highest BCUT2D eigenvalue weighted by atomic mass is 19.4. The van der Waals surface area contributed by atoms with Gasteiger partial charge in [0.25, 0.3) is 0 Å². The van der Waals surface area contributed by atoms with Gasteiger partial charge in [0.2, 0.25) is 0 Å². The van der Waals surface area contributed by atoms with E-state index in [1.807, 2.05) is 6.92 Å². The Balaban J connectivity index is 1.68. The maximum absolute atomic E-state index is 12.1. The van der Waals surface area contributed by atoms with Gasteiger partial charge in [-0.15, -0.1) is 13.2 Å². The number of urea groups is 1. The summed E-state index contributed by atoms with van der Waals surface area (Å²) in [4.78, 5) is 11.9. The first-order valence-corrected chi connectivity index (χ1v) is 7.80. The average Bonchev–Trinajstić information content (AvgIpc) is 2.38. The van der Waals surface area contributed by atoms with Crippen molar-refractivity contribution in [3.8, 4) is 0 Å². The first-order valence-electron chi connectivity index (χ1n) is 7.80. The number of hydrogen-bond acceptors (Lipinski definition) is 5. The number of carbonyl (C=O) groups is 1. The molecule has 23 heavy (non-hydrogen) atoms.